The first-order chi connectivity index (χ1) is 11.2. The Morgan fingerprint density at radius 1 is 1.39 bits per heavy atom. The molecule has 0 aromatic carbocycles. The van der Waals surface area contributed by atoms with E-state index in [-0.39, 0.29) is 18.2 Å². The summed E-state index contributed by atoms with van der Waals surface area (Å²) < 4.78 is 11.5. The van der Waals surface area contributed by atoms with Crippen LogP contribution in [0.3, 0.4) is 0 Å². The maximum Gasteiger partial charge on any atom is 0.329 e. The minimum atomic E-state index is -0.435. The molecular weight excluding hydrogens is 316 g/mol. The van der Waals surface area contributed by atoms with E-state index in [1.807, 2.05) is 6.07 Å². The smallest absolute Gasteiger partial charge is 0.329 e. The van der Waals surface area contributed by atoms with E-state index in [1.54, 1.807) is 18.3 Å². The Bertz CT molecular complexity index is 954. The molecule has 4 rings (SSSR count). The summed E-state index contributed by atoms with van der Waals surface area (Å²) in [4.78, 5) is 32.0. The fourth-order valence-electron chi connectivity index (χ4n) is 2.78. The molecule has 3 aromatic heterocycles. The van der Waals surface area contributed by atoms with Crippen LogP contribution in [0.2, 0.25) is 0 Å². The van der Waals surface area contributed by atoms with Gasteiger partial charge in [0.1, 0.15) is 10.4 Å². The highest BCUT2D eigenvalue weighted by atomic mass is 32.1. The number of nitrogens with zero attached hydrogens (tertiary/aromatic N) is 3. The Hall–Kier alpha value is -2.32. The van der Waals surface area contributed by atoms with Crippen LogP contribution < -0.4 is 11.2 Å². The molecule has 0 bridgehead atoms. The zero-order valence-corrected chi connectivity index (χ0v) is 13.0. The van der Waals surface area contributed by atoms with Gasteiger partial charge in [-0.25, -0.2) is 4.79 Å². The van der Waals surface area contributed by atoms with Gasteiger partial charge >= 0.3 is 5.69 Å². The molecule has 1 aliphatic heterocycles. The molecule has 0 saturated carbocycles. The van der Waals surface area contributed by atoms with Gasteiger partial charge in [-0.3, -0.25) is 14.3 Å². The van der Waals surface area contributed by atoms with Crippen LogP contribution in [0.15, 0.2) is 34.0 Å². The van der Waals surface area contributed by atoms with Crippen LogP contribution in [0.5, 0.6) is 0 Å². The quantitative estimate of drug-likeness (QED) is 0.784. The molecule has 0 aliphatic carbocycles. The topological polar surface area (TPSA) is 89.9 Å². The lowest BCUT2D eigenvalue weighted by Gasteiger charge is -2.10. The molecule has 23 heavy (non-hydrogen) atoms. The summed E-state index contributed by atoms with van der Waals surface area (Å²) in [5, 5.41) is 0. The third kappa shape index (κ3) is 2.49. The molecule has 1 fully saturated rings. The first kappa shape index (κ1) is 14.3. The summed E-state index contributed by atoms with van der Waals surface area (Å²) in [6.07, 6.45) is 3.40. The zero-order chi connectivity index (χ0) is 15.8. The van der Waals surface area contributed by atoms with Crippen molar-refractivity contribution in [3.63, 3.8) is 0 Å². The van der Waals surface area contributed by atoms with Crippen molar-refractivity contribution in [2.75, 3.05) is 6.61 Å². The summed E-state index contributed by atoms with van der Waals surface area (Å²) in [5.74, 6) is 0. The second kappa shape index (κ2) is 5.71. The number of rotatable bonds is 3. The predicted molar refractivity (Wildman–Crippen MR) is 86.7 cm³/mol. The lowest BCUT2D eigenvalue weighted by molar-refractivity contribution is 0.0952. The summed E-state index contributed by atoms with van der Waals surface area (Å²) in [6.45, 7) is 0.963. The minimum absolute atomic E-state index is 0.0746. The van der Waals surface area contributed by atoms with Crippen molar-refractivity contribution in [3.8, 4) is 11.4 Å². The number of H-pyrrole nitrogens is 1. The van der Waals surface area contributed by atoms with E-state index >= 15 is 0 Å². The van der Waals surface area contributed by atoms with Crippen molar-refractivity contribution < 1.29 is 4.74 Å². The number of pyridine rings is 1. The zero-order valence-electron chi connectivity index (χ0n) is 12.2. The molecule has 4 heterocycles. The molecule has 0 unspecified atom stereocenters. The van der Waals surface area contributed by atoms with Crippen LogP contribution in [0, 0.1) is 0 Å². The van der Waals surface area contributed by atoms with Crippen LogP contribution in [0.1, 0.15) is 12.8 Å². The number of aromatic amines is 1. The normalized spacial score (nSPS) is 17.8. The highest BCUT2D eigenvalue weighted by Crippen LogP contribution is 2.25. The van der Waals surface area contributed by atoms with Crippen LogP contribution in [-0.2, 0) is 11.3 Å². The molecule has 7 nitrogen and oxygen atoms in total. The molecule has 0 amide bonds. The molecule has 0 spiro atoms. The van der Waals surface area contributed by atoms with Gasteiger partial charge in [-0.2, -0.15) is 4.37 Å². The van der Waals surface area contributed by atoms with Crippen molar-refractivity contribution in [2.45, 2.75) is 25.5 Å². The van der Waals surface area contributed by atoms with Crippen LogP contribution >= 0.6 is 11.5 Å². The molecule has 8 heteroatoms. The molecule has 1 atom stereocenters. The van der Waals surface area contributed by atoms with E-state index in [1.165, 1.54) is 4.57 Å². The summed E-state index contributed by atoms with van der Waals surface area (Å²) >= 11 is 1.08. The van der Waals surface area contributed by atoms with Crippen molar-refractivity contribution >= 4 is 21.7 Å². The number of aromatic nitrogens is 4. The fraction of sp³-hybridized carbons (Fsp3) is 0.333. The molecular formula is C15H14N4O3S. The Balaban J connectivity index is 1.84. The maximum absolute atomic E-state index is 12.6. The maximum atomic E-state index is 12.6. The van der Waals surface area contributed by atoms with Gasteiger partial charge < -0.3 is 9.72 Å². The summed E-state index contributed by atoms with van der Waals surface area (Å²) in [5.41, 5.74) is 0.858. The van der Waals surface area contributed by atoms with E-state index in [4.69, 9.17) is 4.74 Å². The average Bonchev–Trinajstić information content (AvgIpc) is 3.22. The van der Waals surface area contributed by atoms with E-state index in [2.05, 4.69) is 14.3 Å². The van der Waals surface area contributed by atoms with Gasteiger partial charge in [-0.15, -0.1) is 0 Å². The second-order valence-corrected chi connectivity index (χ2v) is 6.20. The van der Waals surface area contributed by atoms with E-state index < -0.39 is 5.69 Å². The van der Waals surface area contributed by atoms with Gasteiger partial charge in [0.25, 0.3) is 5.56 Å². The predicted octanol–water partition coefficient (Wildman–Crippen LogP) is 1.39. The Morgan fingerprint density at radius 3 is 3.04 bits per heavy atom. The largest absolute Gasteiger partial charge is 0.376 e. The van der Waals surface area contributed by atoms with E-state index in [0.29, 0.717) is 28.2 Å². The van der Waals surface area contributed by atoms with Crippen LogP contribution in [0.4, 0.5) is 0 Å². The lowest BCUT2D eigenvalue weighted by Crippen LogP contribution is -2.37. The minimum Gasteiger partial charge on any atom is -0.376 e. The Morgan fingerprint density at radius 2 is 2.30 bits per heavy atom. The van der Waals surface area contributed by atoms with Crippen molar-refractivity contribution in [3.05, 3.63) is 45.2 Å². The Kier molecular flexibility index (Phi) is 3.55. The standard InChI is InChI=1S/C15H14N4O3S/c20-14-13-12(11(18-23-13)10-5-1-2-6-16-10)17-15(21)19(14)8-9-4-3-7-22-9/h1-2,5-6,9H,3-4,7-8H2,(H,17,21)/t9-/m0/s1. The lowest BCUT2D eigenvalue weighted by atomic mass is 10.2. The van der Waals surface area contributed by atoms with Gasteiger partial charge in [0, 0.05) is 12.8 Å². The molecule has 118 valence electrons. The molecule has 0 radical (unpaired) electrons. The van der Waals surface area contributed by atoms with Gasteiger partial charge in [-0.1, -0.05) is 6.07 Å². The third-order valence-electron chi connectivity index (χ3n) is 3.93. The molecule has 3 aromatic rings. The van der Waals surface area contributed by atoms with Crippen molar-refractivity contribution in [2.24, 2.45) is 0 Å². The van der Waals surface area contributed by atoms with Crippen LogP contribution in [0.25, 0.3) is 21.6 Å². The highest BCUT2D eigenvalue weighted by Gasteiger charge is 2.21. The summed E-state index contributed by atoms with van der Waals surface area (Å²) in [6, 6.07) is 5.43. The number of hydrogen-bond donors (Lipinski definition) is 1. The number of ether oxygens (including phenoxy) is 1. The van der Waals surface area contributed by atoms with E-state index in [0.717, 1.165) is 24.4 Å². The van der Waals surface area contributed by atoms with Gasteiger partial charge in [0.15, 0.2) is 0 Å². The van der Waals surface area contributed by atoms with E-state index in [9.17, 15) is 9.59 Å². The SMILES string of the molecule is O=c1[nH]c2c(-c3ccccn3)nsc2c(=O)n1C[C@@H]1CCCO1. The molecule has 1 aliphatic rings. The van der Waals surface area contributed by atoms with Gasteiger partial charge in [0.2, 0.25) is 0 Å². The van der Waals surface area contributed by atoms with Gasteiger partial charge in [0.05, 0.1) is 23.9 Å². The first-order valence-corrected chi connectivity index (χ1v) is 8.17. The molecule has 1 N–H and O–H groups in total. The highest BCUT2D eigenvalue weighted by molar-refractivity contribution is 7.13. The van der Waals surface area contributed by atoms with Crippen molar-refractivity contribution in [1.82, 2.24) is 18.9 Å². The van der Waals surface area contributed by atoms with Crippen LogP contribution in [-0.4, -0.2) is 31.6 Å². The second-order valence-electron chi connectivity index (χ2n) is 5.43. The fourth-order valence-corrected chi connectivity index (χ4v) is 3.57. The summed E-state index contributed by atoms with van der Waals surface area (Å²) in [7, 11) is 0. The monoisotopic (exact) mass is 330 g/mol. The number of nitrogens with one attached hydrogen (secondary N) is 1. The first-order valence-electron chi connectivity index (χ1n) is 7.39. The Labute approximate surface area is 134 Å². The number of fused-ring (bicyclic) bond motifs is 1. The number of hydrogen-bond acceptors (Lipinski definition) is 6. The van der Waals surface area contributed by atoms with Gasteiger partial charge in [-0.05, 0) is 36.5 Å². The molecule has 1 saturated heterocycles. The van der Waals surface area contributed by atoms with Crippen molar-refractivity contribution in [1.29, 1.82) is 0 Å². The third-order valence-corrected chi connectivity index (χ3v) is 4.76. The average molecular weight is 330 g/mol.